The van der Waals surface area contributed by atoms with Crippen LogP contribution in [0.15, 0.2) is 60.7 Å². The molecule has 1 heterocycles. The third-order valence-electron chi connectivity index (χ3n) is 4.17. The van der Waals surface area contributed by atoms with Crippen LogP contribution in [0.5, 0.6) is 0 Å². The molecule has 0 bridgehead atoms. The minimum absolute atomic E-state index is 0.239. The van der Waals surface area contributed by atoms with Crippen molar-refractivity contribution in [1.82, 2.24) is 9.97 Å². The fourth-order valence-electron chi connectivity index (χ4n) is 2.76. The molecule has 5 nitrogen and oxygen atoms in total. The lowest BCUT2D eigenvalue weighted by atomic mass is 10.1. The maximum Gasteiger partial charge on any atom is 0.274 e. The van der Waals surface area contributed by atoms with E-state index in [2.05, 4.69) is 44.9 Å². The minimum Gasteiger partial charge on any atom is -0.370 e. The van der Waals surface area contributed by atoms with Crippen LogP contribution in [0.4, 0.5) is 11.5 Å². The maximum absolute atomic E-state index is 12.5. The van der Waals surface area contributed by atoms with Crippen LogP contribution in [0.1, 0.15) is 33.9 Å². The average Bonchev–Trinajstić information content (AvgIpc) is 2.67. The highest BCUT2D eigenvalue weighted by Gasteiger charge is 2.11. The Morgan fingerprint density at radius 2 is 1.70 bits per heavy atom. The molecule has 0 saturated heterocycles. The number of anilines is 2. The monoisotopic (exact) mass is 360 g/mol. The summed E-state index contributed by atoms with van der Waals surface area (Å²) in [6, 6.07) is 19.7. The Morgan fingerprint density at radius 3 is 2.44 bits per heavy atom. The molecule has 3 rings (SSSR count). The second kappa shape index (κ2) is 8.94. The fraction of sp³-hybridized carbons (Fsp3) is 0.227. The first-order chi connectivity index (χ1) is 13.1. The van der Waals surface area contributed by atoms with Crippen molar-refractivity contribution in [2.75, 3.05) is 17.2 Å². The molecule has 138 valence electrons. The molecule has 0 unspecified atom stereocenters. The Labute approximate surface area is 159 Å². The van der Waals surface area contributed by atoms with E-state index in [1.807, 2.05) is 37.3 Å². The smallest absolute Gasteiger partial charge is 0.274 e. The zero-order chi connectivity index (χ0) is 19.1. The van der Waals surface area contributed by atoms with Gasteiger partial charge < -0.3 is 10.6 Å². The van der Waals surface area contributed by atoms with Gasteiger partial charge in [0.25, 0.3) is 5.91 Å². The fourth-order valence-corrected chi connectivity index (χ4v) is 2.76. The molecule has 0 aliphatic carbocycles. The molecular weight excluding hydrogens is 336 g/mol. The van der Waals surface area contributed by atoms with Crippen molar-refractivity contribution in [1.29, 1.82) is 0 Å². The molecule has 1 amide bonds. The first-order valence-electron chi connectivity index (χ1n) is 9.12. The van der Waals surface area contributed by atoms with Crippen molar-refractivity contribution in [3.05, 3.63) is 83.3 Å². The summed E-state index contributed by atoms with van der Waals surface area (Å²) in [6.07, 6.45) is 1.98. The average molecular weight is 360 g/mol. The second-order valence-corrected chi connectivity index (χ2v) is 6.52. The molecule has 0 saturated carbocycles. The molecule has 2 aromatic carbocycles. The molecule has 0 aliphatic rings. The van der Waals surface area contributed by atoms with Gasteiger partial charge in [0.05, 0.1) is 0 Å². The van der Waals surface area contributed by atoms with E-state index in [0.717, 1.165) is 30.6 Å². The van der Waals surface area contributed by atoms with Crippen LogP contribution in [0.25, 0.3) is 0 Å². The van der Waals surface area contributed by atoms with Crippen LogP contribution in [0, 0.1) is 13.8 Å². The minimum atomic E-state index is -0.239. The van der Waals surface area contributed by atoms with Gasteiger partial charge in [0.2, 0.25) is 0 Å². The first-order valence-corrected chi connectivity index (χ1v) is 9.12. The zero-order valence-electron chi connectivity index (χ0n) is 15.7. The summed E-state index contributed by atoms with van der Waals surface area (Å²) >= 11 is 0. The number of aryl methyl sites for hydroxylation is 3. The molecule has 0 spiro atoms. The number of carbonyl (C=O) groups excluding carboxylic acids is 1. The predicted octanol–water partition coefficient (Wildman–Crippen LogP) is 4.39. The van der Waals surface area contributed by atoms with Gasteiger partial charge in [0, 0.05) is 18.3 Å². The molecule has 0 radical (unpaired) electrons. The van der Waals surface area contributed by atoms with E-state index in [1.165, 1.54) is 5.56 Å². The topological polar surface area (TPSA) is 66.9 Å². The standard InChI is InChI=1S/C22H24N4O/c1-16-10-12-19(13-11-16)26-22(27)20-15-21(25-17(2)24-20)23-14-6-9-18-7-4-3-5-8-18/h3-5,7-8,10-13,15H,6,9,14H2,1-2H3,(H,26,27)(H,23,24,25). The highest BCUT2D eigenvalue weighted by Crippen LogP contribution is 2.12. The Hall–Kier alpha value is -3.21. The number of amides is 1. The van der Waals surface area contributed by atoms with Gasteiger partial charge in [-0.25, -0.2) is 9.97 Å². The summed E-state index contributed by atoms with van der Waals surface area (Å²) in [4.78, 5) is 21.1. The number of rotatable bonds is 7. The van der Waals surface area contributed by atoms with Crippen molar-refractivity contribution < 1.29 is 4.79 Å². The van der Waals surface area contributed by atoms with E-state index in [9.17, 15) is 4.79 Å². The number of aromatic nitrogens is 2. The van der Waals surface area contributed by atoms with Crippen molar-refractivity contribution in [3.8, 4) is 0 Å². The van der Waals surface area contributed by atoms with Gasteiger partial charge >= 0.3 is 0 Å². The third-order valence-corrected chi connectivity index (χ3v) is 4.17. The van der Waals surface area contributed by atoms with Crippen molar-refractivity contribution in [2.45, 2.75) is 26.7 Å². The molecule has 27 heavy (non-hydrogen) atoms. The predicted molar refractivity (Wildman–Crippen MR) is 109 cm³/mol. The van der Waals surface area contributed by atoms with Gasteiger partial charge in [0.15, 0.2) is 0 Å². The highest BCUT2D eigenvalue weighted by molar-refractivity contribution is 6.03. The van der Waals surface area contributed by atoms with Crippen LogP contribution < -0.4 is 10.6 Å². The summed E-state index contributed by atoms with van der Waals surface area (Å²) < 4.78 is 0. The normalized spacial score (nSPS) is 10.4. The van der Waals surface area contributed by atoms with Crippen LogP contribution >= 0.6 is 0 Å². The molecule has 2 N–H and O–H groups in total. The van der Waals surface area contributed by atoms with E-state index in [1.54, 1.807) is 13.0 Å². The molecule has 0 aliphatic heterocycles. The van der Waals surface area contributed by atoms with Gasteiger partial charge in [-0.15, -0.1) is 0 Å². The molecule has 0 atom stereocenters. The van der Waals surface area contributed by atoms with Gasteiger partial charge in [-0.3, -0.25) is 4.79 Å². The number of hydrogen-bond acceptors (Lipinski definition) is 4. The van der Waals surface area contributed by atoms with E-state index >= 15 is 0 Å². The van der Waals surface area contributed by atoms with Crippen molar-refractivity contribution >= 4 is 17.4 Å². The van der Waals surface area contributed by atoms with Gasteiger partial charge in [-0.05, 0) is 44.4 Å². The van der Waals surface area contributed by atoms with E-state index in [4.69, 9.17) is 0 Å². The number of carbonyl (C=O) groups is 1. The van der Waals surface area contributed by atoms with Crippen molar-refractivity contribution in [2.24, 2.45) is 0 Å². The zero-order valence-corrected chi connectivity index (χ0v) is 15.7. The van der Waals surface area contributed by atoms with Crippen LogP contribution in [0.2, 0.25) is 0 Å². The number of hydrogen-bond donors (Lipinski definition) is 2. The van der Waals surface area contributed by atoms with E-state index in [-0.39, 0.29) is 5.91 Å². The molecule has 1 aromatic heterocycles. The first kappa shape index (κ1) is 18.6. The molecular formula is C22H24N4O. The van der Waals surface area contributed by atoms with Gasteiger partial charge in [0.1, 0.15) is 17.3 Å². The van der Waals surface area contributed by atoms with Crippen LogP contribution in [0.3, 0.4) is 0 Å². The lowest BCUT2D eigenvalue weighted by Gasteiger charge is -2.09. The summed E-state index contributed by atoms with van der Waals surface area (Å²) in [7, 11) is 0. The second-order valence-electron chi connectivity index (χ2n) is 6.52. The summed E-state index contributed by atoms with van der Waals surface area (Å²) in [5, 5.41) is 6.16. The third kappa shape index (κ3) is 5.64. The summed E-state index contributed by atoms with van der Waals surface area (Å²) in [5.41, 5.74) is 3.57. The SMILES string of the molecule is Cc1ccc(NC(=O)c2cc(NCCCc3ccccc3)nc(C)n2)cc1. The van der Waals surface area contributed by atoms with E-state index < -0.39 is 0 Å². The Morgan fingerprint density at radius 1 is 0.963 bits per heavy atom. The number of nitrogens with zero attached hydrogens (tertiary/aromatic N) is 2. The maximum atomic E-state index is 12.5. The summed E-state index contributed by atoms with van der Waals surface area (Å²) in [5.74, 6) is 0.999. The largest absolute Gasteiger partial charge is 0.370 e. The van der Waals surface area contributed by atoms with Gasteiger partial charge in [-0.1, -0.05) is 48.0 Å². The molecule has 5 heteroatoms. The molecule has 0 fully saturated rings. The van der Waals surface area contributed by atoms with Crippen LogP contribution in [-0.2, 0) is 6.42 Å². The van der Waals surface area contributed by atoms with Crippen molar-refractivity contribution in [3.63, 3.8) is 0 Å². The Kier molecular flexibility index (Phi) is 6.15. The lowest BCUT2D eigenvalue weighted by molar-refractivity contribution is 0.102. The number of nitrogens with one attached hydrogen (secondary N) is 2. The number of benzene rings is 2. The van der Waals surface area contributed by atoms with Gasteiger partial charge in [-0.2, -0.15) is 0 Å². The Balaban J connectivity index is 1.58. The lowest BCUT2D eigenvalue weighted by Crippen LogP contribution is -2.16. The van der Waals surface area contributed by atoms with Crippen LogP contribution in [-0.4, -0.2) is 22.4 Å². The highest BCUT2D eigenvalue weighted by atomic mass is 16.1. The van der Waals surface area contributed by atoms with E-state index in [0.29, 0.717) is 17.3 Å². The Bertz CT molecular complexity index is 892. The molecule has 3 aromatic rings. The quantitative estimate of drug-likeness (QED) is 0.613. The summed E-state index contributed by atoms with van der Waals surface area (Å²) in [6.45, 7) is 4.58.